The van der Waals surface area contributed by atoms with Crippen molar-refractivity contribution in [2.45, 2.75) is 12.5 Å². The molecule has 2 fully saturated rings. The van der Waals surface area contributed by atoms with Crippen LogP contribution in [0.2, 0.25) is 0 Å². The lowest BCUT2D eigenvalue weighted by Gasteiger charge is -2.24. The molecule has 12 nitrogen and oxygen atoms in total. The third-order valence-electron chi connectivity index (χ3n) is 5.87. The summed E-state index contributed by atoms with van der Waals surface area (Å²) in [4.78, 5) is 30.8. The number of fused-ring (bicyclic) bond motifs is 2. The molecule has 6 rings (SSSR count). The van der Waals surface area contributed by atoms with Crippen LogP contribution in [-0.4, -0.2) is 81.1 Å². The number of ether oxygens (including phenoxy) is 1. The van der Waals surface area contributed by atoms with Gasteiger partial charge in [0.25, 0.3) is 11.9 Å². The average Bonchev–Trinajstić information content (AvgIpc) is 3.57. The molecule has 2 N–H and O–H groups in total. The number of nitrogens with zero attached hydrogens (tertiary/aromatic N) is 7. The van der Waals surface area contributed by atoms with Gasteiger partial charge in [-0.1, -0.05) is 0 Å². The molecule has 2 aliphatic heterocycles. The Morgan fingerprint density at radius 2 is 2.06 bits per heavy atom. The molecule has 170 valence electrons. The number of nitrogens with one attached hydrogen (secondary N) is 1. The van der Waals surface area contributed by atoms with Gasteiger partial charge in [-0.3, -0.25) is 4.79 Å². The first-order chi connectivity index (χ1) is 16.2. The van der Waals surface area contributed by atoms with E-state index in [9.17, 15) is 9.90 Å². The summed E-state index contributed by atoms with van der Waals surface area (Å²) in [6.45, 7) is 3.53. The van der Waals surface area contributed by atoms with Crippen molar-refractivity contribution in [3.8, 4) is 0 Å². The number of carbonyl (C=O) groups is 1. The molecule has 33 heavy (non-hydrogen) atoms. The third kappa shape index (κ3) is 3.62. The highest BCUT2D eigenvalue weighted by Gasteiger charge is 2.28. The summed E-state index contributed by atoms with van der Waals surface area (Å²) in [5, 5.41) is 17.2. The molecule has 4 aromatic rings. The fourth-order valence-corrected chi connectivity index (χ4v) is 4.18. The van der Waals surface area contributed by atoms with E-state index >= 15 is 0 Å². The lowest BCUT2D eigenvalue weighted by molar-refractivity contribution is 0.102. The number of aliphatic hydroxyl groups is 1. The van der Waals surface area contributed by atoms with Crippen molar-refractivity contribution in [1.29, 1.82) is 0 Å². The number of pyridine rings is 1. The molecular formula is C21H22N8O4. The van der Waals surface area contributed by atoms with Crippen LogP contribution in [0.3, 0.4) is 0 Å². The van der Waals surface area contributed by atoms with Crippen LogP contribution in [0.25, 0.3) is 16.9 Å². The molecule has 0 radical (unpaired) electrons. The van der Waals surface area contributed by atoms with Crippen molar-refractivity contribution >= 4 is 40.3 Å². The molecule has 0 spiro atoms. The Hall–Kier alpha value is -3.77. The maximum absolute atomic E-state index is 13.4. The van der Waals surface area contributed by atoms with Crippen molar-refractivity contribution in [3.63, 3.8) is 0 Å². The number of aromatic nitrogens is 5. The summed E-state index contributed by atoms with van der Waals surface area (Å²) >= 11 is 0. The number of rotatable bonds is 4. The highest BCUT2D eigenvalue weighted by Crippen LogP contribution is 2.30. The molecule has 2 saturated heterocycles. The largest absolute Gasteiger partial charge is 0.422 e. The van der Waals surface area contributed by atoms with E-state index in [2.05, 4.69) is 25.4 Å². The van der Waals surface area contributed by atoms with E-state index in [-0.39, 0.29) is 5.91 Å². The average molecular weight is 450 g/mol. The minimum atomic E-state index is -0.469. The topological polar surface area (TPSA) is 134 Å². The van der Waals surface area contributed by atoms with Crippen LogP contribution in [0.1, 0.15) is 16.8 Å². The highest BCUT2D eigenvalue weighted by molar-refractivity contribution is 6.10. The van der Waals surface area contributed by atoms with Crippen LogP contribution in [-0.2, 0) is 4.74 Å². The number of morpholine rings is 1. The quantitative estimate of drug-likeness (QED) is 0.462. The monoisotopic (exact) mass is 450 g/mol. The Balaban J connectivity index is 1.39. The summed E-state index contributed by atoms with van der Waals surface area (Å²) in [6, 6.07) is 3.88. The van der Waals surface area contributed by atoms with Crippen LogP contribution in [0.4, 0.5) is 17.5 Å². The molecule has 0 bridgehead atoms. The molecule has 0 aliphatic carbocycles. The number of hydrogen-bond donors (Lipinski definition) is 2. The zero-order valence-corrected chi connectivity index (χ0v) is 17.7. The molecule has 12 heteroatoms. The molecule has 4 aromatic heterocycles. The summed E-state index contributed by atoms with van der Waals surface area (Å²) < 4.78 is 12.9. The second-order valence-electron chi connectivity index (χ2n) is 8.07. The first-order valence-electron chi connectivity index (χ1n) is 10.8. The van der Waals surface area contributed by atoms with Gasteiger partial charge >= 0.3 is 0 Å². The maximum Gasteiger partial charge on any atom is 0.300 e. The molecular weight excluding hydrogens is 428 g/mol. The normalized spacial score (nSPS) is 19.0. The van der Waals surface area contributed by atoms with E-state index in [4.69, 9.17) is 9.15 Å². The number of aliphatic hydroxyl groups excluding tert-OH is 1. The number of anilines is 3. The van der Waals surface area contributed by atoms with Gasteiger partial charge in [0.05, 0.1) is 31.1 Å². The fraction of sp³-hybridized carbons (Fsp3) is 0.381. The highest BCUT2D eigenvalue weighted by atomic mass is 16.5. The van der Waals surface area contributed by atoms with E-state index < -0.39 is 6.10 Å². The first-order valence-corrected chi connectivity index (χ1v) is 10.8. The third-order valence-corrected chi connectivity index (χ3v) is 5.87. The predicted octanol–water partition coefficient (Wildman–Crippen LogP) is 0.925. The number of β-amino-alcohol motifs (C(OH)–C–C–N with tert-alkyl or cyclic N) is 1. The van der Waals surface area contributed by atoms with Gasteiger partial charge in [0.1, 0.15) is 11.5 Å². The standard InChI is InChI=1S/C21H22N8O4/c30-13-2-5-28(12-13)18-14(20(31)24-15-11-23-29-4-1-3-22-19(15)29)10-16-17(25-18)26-21(33-16)27-6-8-32-9-7-27/h1,3-4,10-11,13,30H,2,5-9,12H2,(H,24,31). The molecule has 0 aromatic carbocycles. The zero-order valence-electron chi connectivity index (χ0n) is 17.7. The van der Waals surface area contributed by atoms with Gasteiger partial charge in [-0.25, -0.2) is 14.5 Å². The van der Waals surface area contributed by atoms with E-state index in [1.165, 1.54) is 0 Å². The first kappa shape index (κ1) is 19.9. The van der Waals surface area contributed by atoms with Gasteiger partial charge in [-0.15, -0.1) is 0 Å². The van der Waals surface area contributed by atoms with E-state index in [0.717, 1.165) is 0 Å². The minimum absolute atomic E-state index is 0.330. The van der Waals surface area contributed by atoms with E-state index in [1.807, 2.05) is 9.80 Å². The summed E-state index contributed by atoms with van der Waals surface area (Å²) in [5.41, 5.74) is 2.19. The Labute approximate surface area is 187 Å². The Bertz CT molecular complexity index is 1330. The number of hydrogen-bond acceptors (Lipinski definition) is 10. The van der Waals surface area contributed by atoms with Crippen LogP contribution >= 0.6 is 0 Å². The maximum atomic E-state index is 13.4. The lowest BCUT2D eigenvalue weighted by Crippen LogP contribution is -2.36. The van der Waals surface area contributed by atoms with Crippen molar-refractivity contribution in [1.82, 2.24) is 24.6 Å². The molecule has 1 amide bonds. The Morgan fingerprint density at radius 1 is 1.18 bits per heavy atom. The molecule has 2 aliphatic rings. The van der Waals surface area contributed by atoms with Crippen LogP contribution in [0.15, 0.2) is 35.1 Å². The summed E-state index contributed by atoms with van der Waals surface area (Å²) in [7, 11) is 0. The lowest BCUT2D eigenvalue weighted by atomic mass is 10.2. The summed E-state index contributed by atoms with van der Waals surface area (Å²) in [6.07, 6.45) is 5.08. The SMILES string of the molecule is O=C(Nc1cnn2cccnc12)c1cc2oc(N3CCOCC3)nc2nc1N1CCC(O)C1. The van der Waals surface area contributed by atoms with Gasteiger partial charge in [-0.05, 0) is 12.5 Å². The van der Waals surface area contributed by atoms with Gasteiger partial charge in [0.15, 0.2) is 11.2 Å². The Morgan fingerprint density at radius 3 is 2.88 bits per heavy atom. The minimum Gasteiger partial charge on any atom is -0.422 e. The van der Waals surface area contributed by atoms with Crippen molar-refractivity contribution < 1.29 is 19.1 Å². The van der Waals surface area contributed by atoms with Gasteiger partial charge in [-0.2, -0.15) is 10.1 Å². The van der Waals surface area contributed by atoms with Gasteiger partial charge in [0.2, 0.25) is 5.65 Å². The fourth-order valence-electron chi connectivity index (χ4n) is 4.18. The number of carbonyl (C=O) groups excluding carboxylic acids is 1. The smallest absolute Gasteiger partial charge is 0.300 e. The number of oxazole rings is 1. The second-order valence-corrected chi connectivity index (χ2v) is 8.07. The molecule has 6 heterocycles. The van der Waals surface area contributed by atoms with Crippen molar-refractivity contribution in [2.24, 2.45) is 0 Å². The Kier molecular flexibility index (Phi) is 4.80. The number of amides is 1. The predicted molar refractivity (Wildman–Crippen MR) is 119 cm³/mol. The van der Waals surface area contributed by atoms with Crippen molar-refractivity contribution in [3.05, 3.63) is 36.3 Å². The molecule has 1 unspecified atom stereocenters. The van der Waals surface area contributed by atoms with E-state index in [1.54, 1.807) is 35.2 Å². The molecule has 0 saturated carbocycles. The van der Waals surface area contributed by atoms with Gasteiger partial charge in [0, 0.05) is 44.6 Å². The summed E-state index contributed by atoms with van der Waals surface area (Å²) in [5.74, 6) is 0.0912. The van der Waals surface area contributed by atoms with Crippen LogP contribution < -0.4 is 15.1 Å². The van der Waals surface area contributed by atoms with Crippen LogP contribution in [0, 0.1) is 0 Å². The van der Waals surface area contributed by atoms with Gasteiger partial charge < -0.3 is 29.4 Å². The second kappa shape index (κ2) is 7.98. The molecule has 1 atom stereocenters. The zero-order chi connectivity index (χ0) is 22.4. The van der Waals surface area contributed by atoms with E-state index in [0.29, 0.717) is 85.8 Å². The van der Waals surface area contributed by atoms with Crippen LogP contribution in [0.5, 0.6) is 0 Å². The van der Waals surface area contributed by atoms with Crippen molar-refractivity contribution in [2.75, 3.05) is 54.5 Å².